The van der Waals surface area contributed by atoms with Crippen molar-refractivity contribution in [3.8, 4) is 22.9 Å². The second-order valence-electron chi connectivity index (χ2n) is 6.41. The Labute approximate surface area is 171 Å². The summed E-state index contributed by atoms with van der Waals surface area (Å²) in [7, 11) is 0. The van der Waals surface area contributed by atoms with Gasteiger partial charge in [0.05, 0.1) is 5.75 Å². The average Bonchev–Trinajstić information content (AvgIpc) is 3.34. The first-order valence-electron chi connectivity index (χ1n) is 9.07. The Morgan fingerprint density at radius 2 is 2.03 bits per heavy atom. The summed E-state index contributed by atoms with van der Waals surface area (Å²) >= 11 is 1.28. The molecule has 0 saturated carbocycles. The van der Waals surface area contributed by atoms with Crippen LogP contribution in [0.4, 0.5) is 10.1 Å². The maximum Gasteiger partial charge on any atom is 0.234 e. The number of halogens is 1. The van der Waals surface area contributed by atoms with Gasteiger partial charge in [-0.25, -0.2) is 4.39 Å². The molecule has 150 valence electrons. The minimum Gasteiger partial charge on any atom is -0.454 e. The van der Waals surface area contributed by atoms with Crippen LogP contribution in [0.2, 0.25) is 0 Å². The Kier molecular flexibility index (Phi) is 5.39. The van der Waals surface area contributed by atoms with Gasteiger partial charge in [0.1, 0.15) is 5.82 Å². The molecular weight excluding hydrogens is 395 g/mol. The highest BCUT2D eigenvalue weighted by molar-refractivity contribution is 7.99. The standard InChI is InChI=1S/C20H19FN4O3S/c1-3-25-19(13-5-7-16-17(8-13)28-11-27-16)23-24-20(25)29-10-18(26)22-15-9-14(21)6-4-12(15)2/h4-9H,3,10-11H2,1-2H3,(H,22,26). The number of carbonyl (C=O) groups excluding carboxylic acids is 1. The summed E-state index contributed by atoms with van der Waals surface area (Å²) < 4.78 is 26.1. The van der Waals surface area contributed by atoms with E-state index >= 15 is 0 Å². The van der Waals surface area contributed by atoms with Gasteiger partial charge in [-0.2, -0.15) is 0 Å². The number of nitrogens with zero attached hydrogens (tertiary/aromatic N) is 3. The molecule has 1 N–H and O–H groups in total. The molecule has 2 heterocycles. The fraction of sp³-hybridized carbons (Fsp3) is 0.250. The third-order valence-electron chi connectivity index (χ3n) is 4.47. The van der Waals surface area contributed by atoms with E-state index in [9.17, 15) is 9.18 Å². The van der Waals surface area contributed by atoms with E-state index in [1.54, 1.807) is 6.07 Å². The second kappa shape index (κ2) is 8.12. The van der Waals surface area contributed by atoms with E-state index in [1.807, 2.05) is 36.6 Å². The summed E-state index contributed by atoms with van der Waals surface area (Å²) in [5.41, 5.74) is 2.12. The Balaban J connectivity index is 1.47. The molecule has 9 heteroatoms. The molecule has 0 fully saturated rings. The zero-order chi connectivity index (χ0) is 20.4. The molecule has 1 amide bonds. The van der Waals surface area contributed by atoms with Crippen LogP contribution < -0.4 is 14.8 Å². The highest BCUT2D eigenvalue weighted by atomic mass is 32.2. The van der Waals surface area contributed by atoms with Gasteiger partial charge in [0.25, 0.3) is 0 Å². The Bertz CT molecular complexity index is 1070. The van der Waals surface area contributed by atoms with Gasteiger partial charge in [-0.05, 0) is 49.7 Å². The number of thioether (sulfide) groups is 1. The summed E-state index contributed by atoms with van der Waals surface area (Å²) in [6, 6.07) is 9.91. The van der Waals surface area contributed by atoms with Crippen molar-refractivity contribution < 1.29 is 18.7 Å². The first-order chi connectivity index (χ1) is 14.0. The van der Waals surface area contributed by atoms with E-state index in [4.69, 9.17) is 9.47 Å². The summed E-state index contributed by atoms with van der Waals surface area (Å²) in [6.07, 6.45) is 0. The SMILES string of the molecule is CCn1c(SCC(=O)Nc2cc(F)ccc2C)nnc1-c1ccc2c(c1)OCO2. The number of hydrogen-bond donors (Lipinski definition) is 1. The molecule has 1 aliphatic rings. The molecule has 0 saturated heterocycles. The zero-order valence-corrected chi connectivity index (χ0v) is 16.8. The molecule has 29 heavy (non-hydrogen) atoms. The largest absolute Gasteiger partial charge is 0.454 e. The predicted octanol–water partition coefficient (Wildman–Crippen LogP) is 3.87. The highest BCUT2D eigenvalue weighted by Gasteiger charge is 2.19. The van der Waals surface area contributed by atoms with E-state index in [0.717, 1.165) is 11.1 Å². The van der Waals surface area contributed by atoms with Crippen molar-refractivity contribution in [1.82, 2.24) is 14.8 Å². The maximum atomic E-state index is 13.4. The fourth-order valence-corrected chi connectivity index (χ4v) is 3.78. The van der Waals surface area contributed by atoms with Crippen LogP contribution in [-0.2, 0) is 11.3 Å². The Morgan fingerprint density at radius 3 is 2.86 bits per heavy atom. The number of aryl methyl sites for hydroxylation is 1. The van der Waals surface area contributed by atoms with Crippen LogP contribution >= 0.6 is 11.8 Å². The van der Waals surface area contributed by atoms with Gasteiger partial charge >= 0.3 is 0 Å². The minimum absolute atomic E-state index is 0.134. The van der Waals surface area contributed by atoms with Crippen LogP contribution in [0.25, 0.3) is 11.4 Å². The van der Waals surface area contributed by atoms with Gasteiger partial charge < -0.3 is 19.4 Å². The van der Waals surface area contributed by atoms with Gasteiger partial charge in [-0.1, -0.05) is 17.8 Å². The first kappa shape index (κ1) is 19.3. The monoisotopic (exact) mass is 414 g/mol. The molecule has 0 atom stereocenters. The molecule has 7 nitrogen and oxygen atoms in total. The van der Waals surface area contributed by atoms with E-state index in [0.29, 0.717) is 34.7 Å². The number of anilines is 1. The summed E-state index contributed by atoms with van der Waals surface area (Å²) in [6.45, 7) is 4.65. The van der Waals surface area contributed by atoms with Crippen molar-refractivity contribution in [2.24, 2.45) is 0 Å². The lowest BCUT2D eigenvalue weighted by atomic mass is 10.2. The molecule has 1 aliphatic heterocycles. The quantitative estimate of drug-likeness (QED) is 0.617. The smallest absolute Gasteiger partial charge is 0.234 e. The van der Waals surface area contributed by atoms with Crippen LogP contribution in [0.15, 0.2) is 41.6 Å². The van der Waals surface area contributed by atoms with E-state index < -0.39 is 5.82 Å². The highest BCUT2D eigenvalue weighted by Crippen LogP contribution is 2.36. The fourth-order valence-electron chi connectivity index (χ4n) is 2.97. The number of nitrogens with one attached hydrogen (secondary N) is 1. The lowest BCUT2D eigenvalue weighted by molar-refractivity contribution is -0.113. The second-order valence-corrected chi connectivity index (χ2v) is 7.36. The van der Waals surface area contributed by atoms with Crippen LogP contribution in [0.1, 0.15) is 12.5 Å². The van der Waals surface area contributed by atoms with Gasteiger partial charge in [0, 0.05) is 17.8 Å². The van der Waals surface area contributed by atoms with E-state index in [2.05, 4.69) is 15.5 Å². The molecule has 0 aliphatic carbocycles. The van der Waals surface area contributed by atoms with Crippen molar-refractivity contribution in [2.45, 2.75) is 25.5 Å². The van der Waals surface area contributed by atoms with Gasteiger partial charge in [-0.15, -0.1) is 10.2 Å². The van der Waals surface area contributed by atoms with Crippen LogP contribution in [0.5, 0.6) is 11.5 Å². The maximum absolute atomic E-state index is 13.4. The number of fused-ring (bicyclic) bond motifs is 1. The number of aromatic nitrogens is 3. The molecule has 0 bridgehead atoms. The summed E-state index contributed by atoms with van der Waals surface area (Å²) in [4.78, 5) is 12.3. The van der Waals surface area contributed by atoms with Crippen LogP contribution in [0, 0.1) is 12.7 Å². The van der Waals surface area contributed by atoms with Crippen LogP contribution in [-0.4, -0.2) is 33.2 Å². The molecule has 0 radical (unpaired) electrons. The first-order valence-corrected chi connectivity index (χ1v) is 10.1. The van der Waals surface area contributed by atoms with Crippen molar-refractivity contribution in [3.05, 3.63) is 47.8 Å². The summed E-state index contributed by atoms with van der Waals surface area (Å²) in [5.74, 6) is 1.57. The third kappa shape index (κ3) is 4.04. The Morgan fingerprint density at radius 1 is 1.21 bits per heavy atom. The molecular formula is C20H19FN4O3S. The van der Waals surface area contributed by atoms with Gasteiger partial charge in [0.15, 0.2) is 22.5 Å². The predicted molar refractivity (Wildman–Crippen MR) is 108 cm³/mol. The molecule has 4 rings (SSSR count). The van der Waals surface area contributed by atoms with Crippen molar-refractivity contribution in [2.75, 3.05) is 17.9 Å². The van der Waals surface area contributed by atoms with Crippen molar-refractivity contribution in [3.63, 3.8) is 0 Å². The molecule has 0 unspecified atom stereocenters. The summed E-state index contributed by atoms with van der Waals surface area (Å²) in [5, 5.41) is 11.9. The Hall–Kier alpha value is -3.07. The molecule has 2 aromatic carbocycles. The number of rotatable bonds is 6. The molecule has 1 aromatic heterocycles. The molecule has 3 aromatic rings. The van der Waals surface area contributed by atoms with Crippen molar-refractivity contribution in [1.29, 1.82) is 0 Å². The van der Waals surface area contributed by atoms with E-state index in [-0.39, 0.29) is 18.5 Å². The van der Waals surface area contributed by atoms with E-state index in [1.165, 1.54) is 23.9 Å². The average molecular weight is 414 g/mol. The van der Waals surface area contributed by atoms with Crippen molar-refractivity contribution >= 4 is 23.4 Å². The number of carbonyl (C=O) groups is 1. The molecule has 0 spiro atoms. The number of amides is 1. The normalized spacial score (nSPS) is 12.2. The van der Waals surface area contributed by atoms with Crippen LogP contribution in [0.3, 0.4) is 0 Å². The number of hydrogen-bond acceptors (Lipinski definition) is 6. The lowest BCUT2D eigenvalue weighted by Crippen LogP contribution is -2.15. The van der Waals surface area contributed by atoms with Gasteiger partial charge in [-0.3, -0.25) is 4.79 Å². The minimum atomic E-state index is -0.391. The lowest BCUT2D eigenvalue weighted by Gasteiger charge is -2.09. The topological polar surface area (TPSA) is 78.3 Å². The number of ether oxygens (including phenoxy) is 2. The third-order valence-corrected chi connectivity index (χ3v) is 5.44. The van der Waals surface area contributed by atoms with Gasteiger partial charge in [0.2, 0.25) is 12.7 Å². The zero-order valence-electron chi connectivity index (χ0n) is 15.9. The number of benzene rings is 2.